The van der Waals surface area contributed by atoms with E-state index in [9.17, 15) is 19.0 Å². The normalized spacial score (nSPS) is 14.1. The predicted octanol–water partition coefficient (Wildman–Crippen LogP) is 18.1. The van der Waals surface area contributed by atoms with Crippen LogP contribution in [-0.4, -0.2) is 74.3 Å². The monoisotopic (exact) mass is 1020 g/mol. The van der Waals surface area contributed by atoms with Gasteiger partial charge in [0.05, 0.1) is 33.8 Å². The van der Waals surface area contributed by atoms with E-state index in [-0.39, 0.29) is 25.1 Å². The van der Waals surface area contributed by atoms with Crippen molar-refractivity contribution in [3.8, 4) is 0 Å². The molecule has 0 spiro atoms. The molecule has 0 aliphatic heterocycles. The standard InChI is InChI=1S/C61H115N2O7P/c1-7-10-13-16-19-22-25-28-30-32-34-36-39-42-45-48-51-54-61(65)70-59(52-49-46-43-40-37-27-24-21-18-15-12-9-3)58(57-69-71(66,67)68-56-55-63(4,5)6)62-60(64)53-50-47-44-41-38-35-33-31-29-26-23-20-17-14-11-8-2/h11,14,20,23,29,31,49,52,58-59H,7-10,12-13,15-19,21-22,24-28,30,32-48,50-51,53-57H2,1-6H3,(H-,62,64,66,67)/p+1/b14-11+,23-20+,31-29+,52-49+. The molecule has 0 aliphatic carbocycles. The summed E-state index contributed by atoms with van der Waals surface area (Å²) >= 11 is 0. The number of nitrogens with zero attached hydrogens (tertiary/aromatic N) is 1. The molecule has 416 valence electrons. The van der Waals surface area contributed by atoms with Crippen molar-refractivity contribution in [2.24, 2.45) is 0 Å². The van der Waals surface area contributed by atoms with Crippen molar-refractivity contribution in [2.75, 3.05) is 40.9 Å². The molecular formula is C61H116N2O7P+. The lowest BCUT2D eigenvalue weighted by Crippen LogP contribution is -2.47. The molecule has 1 amide bonds. The Morgan fingerprint density at radius 1 is 0.507 bits per heavy atom. The number of phosphoric ester groups is 1. The maximum atomic E-state index is 13.5. The summed E-state index contributed by atoms with van der Waals surface area (Å²) in [5.74, 6) is -0.511. The van der Waals surface area contributed by atoms with Crippen LogP contribution in [0, 0.1) is 0 Å². The SMILES string of the molecule is CC/C=C/C/C=C/C/C=C/CCCCCCCCC(=O)NC(COP(=O)(O)OCC[N+](C)(C)C)C(/C=C/CCCCCCCCCCCC)OC(=O)CCCCCCCCCCCCCCCCCCC. The Labute approximate surface area is 439 Å². The largest absolute Gasteiger partial charge is 0.472 e. The number of phosphoric acid groups is 1. The van der Waals surface area contributed by atoms with Crippen LogP contribution in [0.25, 0.3) is 0 Å². The molecule has 0 fully saturated rings. The molecule has 2 N–H and O–H groups in total. The van der Waals surface area contributed by atoms with Crippen molar-refractivity contribution < 1.29 is 37.3 Å². The number of likely N-dealkylation sites (N-methyl/N-ethyl adjacent to an activating group) is 1. The highest BCUT2D eigenvalue weighted by Crippen LogP contribution is 2.43. The van der Waals surface area contributed by atoms with Gasteiger partial charge in [-0.3, -0.25) is 18.6 Å². The van der Waals surface area contributed by atoms with Crippen LogP contribution >= 0.6 is 7.82 Å². The van der Waals surface area contributed by atoms with E-state index in [1.165, 1.54) is 154 Å². The van der Waals surface area contributed by atoms with Crippen LogP contribution in [0.4, 0.5) is 0 Å². The Balaban J connectivity index is 5.30. The highest BCUT2D eigenvalue weighted by atomic mass is 31.2. The molecule has 3 atom stereocenters. The van der Waals surface area contributed by atoms with Gasteiger partial charge in [0.15, 0.2) is 0 Å². The first-order valence-corrected chi connectivity index (χ1v) is 31.5. The van der Waals surface area contributed by atoms with Crippen molar-refractivity contribution >= 4 is 19.7 Å². The molecule has 71 heavy (non-hydrogen) atoms. The Morgan fingerprint density at radius 3 is 1.35 bits per heavy atom. The number of hydrogen-bond donors (Lipinski definition) is 2. The van der Waals surface area contributed by atoms with Gasteiger partial charge in [0.25, 0.3) is 0 Å². The quantitative estimate of drug-likeness (QED) is 0.0205. The summed E-state index contributed by atoms with van der Waals surface area (Å²) in [6.07, 6.45) is 62.4. The van der Waals surface area contributed by atoms with E-state index >= 15 is 0 Å². The van der Waals surface area contributed by atoms with Gasteiger partial charge >= 0.3 is 13.8 Å². The van der Waals surface area contributed by atoms with Gasteiger partial charge in [-0.15, -0.1) is 0 Å². The van der Waals surface area contributed by atoms with Crippen LogP contribution in [0.3, 0.4) is 0 Å². The molecule has 0 aliphatic rings. The van der Waals surface area contributed by atoms with Crippen LogP contribution in [0.1, 0.15) is 278 Å². The first kappa shape index (κ1) is 69.0. The second-order valence-corrected chi connectivity index (χ2v) is 23.0. The van der Waals surface area contributed by atoms with Crippen LogP contribution in [-0.2, 0) is 27.9 Å². The lowest BCUT2D eigenvalue weighted by molar-refractivity contribution is -0.870. The summed E-state index contributed by atoms with van der Waals surface area (Å²) in [7, 11) is 1.49. The number of quaternary nitrogens is 1. The number of unbranched alkanes of at least 4 members (excludes halogenated alkanes) is 32. The fourth-order valence-electron chi connectivity index (χ4n) is 8.66. The van der Waals surface area contributed by atoms with E-state index in [0.717, 1.165) is 89.9 Å². The van der Waals surface area contributed by atoms with Crippen molar-refractivity contribution in [2.45, 2.75) is 290 Å². The first-order valence-electron chi connectivity index (χ1n) is 30.0. The molecular weight excluding hydrogens is 904 g/mol. The second-order valence-electron chi connectivity index (χ2n) is 21.5. The number of esters is 1. The van der Waals surface area contributed by atoms with Gasteiger partial charge in [0.1, 0.15) is 19.3 Å². The number of amides is 1. The van der Waals surface area contributed by atoms with Crippen molar-refractivity contribution in [1.82, 2.24) is 5.32 Å². The fourth-order valence-corrected chi connectivity index (χ4v) is 9.40. The number of carbonyl (C=O) groups is 2. The average Bonchev–Trinajstić information content (AvgIpc) is 3.33. The summed E-state index contributed by atoms with van der Waals surface area (Å²) in [4.78, 5) is 37.6. The zero-order valence-electron chi connectivity index (χ0n) is 47.5. The molecule has 0 heterocycles. The van der Waals surface area contributed by atoms with Gasteiger partial charge in [-0.05, 0) is 63.9 Å². The number of carbonyl (C=O) groups excluding carboxylic acids is 2. The Kier molecular flexibility index (Phi) is 50.0. The number of nitrogens with one attached hydrogen (secondary N) is 1. The van der Waals surface area contributed by atoms with Gasteiger partial charge in [-0.25, -0.2) is 4.57 Å². The van der Waals surface area contributed by atoms with Crippen LogP contribution in [0.2, 0.25) is 0 Å². The summed E-state index contributed by atoms with van der Waals surface area (Å²) in [6, 6.07) is -0.852. The molecule has 9 nitrogen and oxygen atoms in total. The predicted molar refractivity (Wildman–Crippen MR) is 305 cm³/mol. The second kappa shape index (κ2) is 51.5. The highest BCUT2D eigenvalue weighted by molar-refractivity contribution is 7.47. The Bertz CT molecular complexity index is 1360. The van der Waals surface area contributed by atoms with Crippen molar-refractivity contribution in [3.05, 3.63) is 48.6 Å². The lowest BCUT2D eigenvalue weighted by Gasteiger charge is -2.27. The molecule has 0 saturated carbocycles. The number of allylic oxidation sites excluding steroid dienone is 7. The maximum absolute atomic E-state index is 13.5. The summed E-state index contributed by atoms with van der Waals surface area (Å²) in [5, 5.41) is 3.05. The van der Waals surface area contributed by atoms with Crippen molar-refractivity contribution in [3.63, 3.8) is 0 Å². The molecule has 0 bridgehead atoms. The zero-order chi connectivity index (χ0) is 52.2. The molecule has 3 unspecified atom stereocenters. The minimum atomic E-state index is -4.45. The number of ether oxygens (including phenoxy) is 1. The number of hydrogen-bond acceptors (Lipinski definition) is 6. The van der Waals surface area contributed by atoms with E-state index < -0.39 is 20.0 Å². The topological polar surface area (TPSA) is 111 Å². The molecule has 0 aromatic heterocycles. The third-order valence-corrected chi connectivity index (χ3v) is 14.3. The van der Waals surface area contributed by atoms with Crippen LogP contribution in [0.15, 0.2) is 48.6 Å². The summed E-state index contributed by atoms with van der Waals surface area (Å²) < 4.78 is 30.7. The first-order chi connectivity index (χ1) is 34.4. The smallest absolute Gasteiger partial charge is 0.456 e. The Hall–Kier alpha value is -2.03. The molecule has 0 saturated heterocycles. The molecule has 0 aromatic carbocycles. The highest BCUT2D eigenvalue weighted by Gasteiger charge is 2.30. The van der Waals surface area contributed by atoms with Gasteiger partial charge in [0.2, 0.25) is 5.91 Å². The fraction of sp³-hybridized carbons (Fsp3) is 0.836. The van der Waals surface area contributed by atoms with E-state index in [1.54, 1.807) is 0 Å². The van der Waals surface area contributed by atoms with Gasteiger partial charge in [-0.1, -0.05) is 250 Å². The van der Waals surface area contributed by atoms with Crippen molar-refractivity contribution in [1.29, 1.82) is 0 Å². The third-order valence-electron chi connectivity index (χ3n) is 13.3. The summed E-state index contributed by atoms with van der Waals surface area (Å²) in [6.45, 7) is 6.91. The van der Waals surface area contributed by atoms with Gasteiger partial charge in [-0.2, -0.15) is 0 Å². The molecule has 10 heteroatoms. The van der Waals surface area contributed by atoms with Gasteiger partial charge in [0, 0.05) is 12.8 Å². The molecule has 0 aromatic rings. The average molecular weight is 1020 g/mol. The minimum Gasteiger partial charge on any atom is -0.456 e. The minimum absolute atomic E-state index is 0.0383. The zero-order valence-corrected chi connectivity index (χ0v) is 48.4. The lowest BCUT2D eigenvalue weighted by atomic mass is 10.0. The molecule has 0 radical (unpaired) electrons. The van der Waals surface area contributed by atoms with Crippen LogP contribution < -0.4 is 5.32 Å². The Morgan fingerprint density at radius 2 is 0.901 bits per heavy atom. The van der Waals surface area contributed by atoms with Crippen LogP contribution in [0.5, 0.6) is 0 Å². The van der Waals surface area contributed by atoms with E-state index in [1.807, 2.05) is 33.3 Å². The summed E-state index contributed by atoms with van der Waals surface area (Å²) in [5.41, 5.74) is 0. The third kappa shape index (κ3) is 52.6. The number of rotatable bonds is 54. The maximum Gasteiger partial charge on any atom is 0.472 e. The van der Waals surface area contributed by atoms with E-state index in [4.69, 9.17) is 13.8 Å². The van der Waals surface area contributed by atoms with Gasteiger partial charge < -0.3 is 19.4 Å². The molecule has 0 rings (SSSR count). The van der Waals surface area contributed by atoms with E-state index in [2.05, 4.69) is 62.5 Å². The van der Waals surface area contributed by atoms with E-state index in [0.29, 0.717) is 23.9 Å².